The van der Waals surface area contributed by atoms with Gasteiger partial charge < -0.3 is 19.3 Å². The minimum atomic E-state index is -1.23. The van der Waals surface area contributed by atoms with E-state index in [0.717, 1.165) is 0 Å². The second-order valence-corrected chi connectivity index (χ2v) is 3.44. The SMILES string of the molecule is COc1c(C)c(C(=O)O)c(C=O)c(OC)c1OC. The number of carbonyl (C=O) groups is 2. The zero-order chi connectivity index (χ0) is 13.9. The molecular weight excluding hydrogens is 240 g/mol. The first-order valence-corrected chi connectivity index (χ1v) is 5.04. The fourth-order valence-electron chi connectivity index (χ4n) is 1.85. The third-order valence-electron chi connectivity index (χ3n) is 2.59. The van der Waals surface area contributed by atoms with Crippen LogP contribution in [0.25, 0.3) is 0 Å². The van der Waals surface area contributed by atoms with Crippen LogP contribution in [0.15, 0.2) is 0 Å². The Morgan fingerprint density at radius 3 is 1.89 bits per heavy atom. The number of carboxylic acid groups (broad SMARTS) is 1. The molecule has 1 aromatic carbocycles. The Morgan fingerprint density at radius 2 is 1.56 bits per heavy atom. The maximum Gasteiger partial charge on any atom is 0.336 e. The molecule has 0 saturated heterocycles. The van der Waals surface area contributed by atoms with E-state index in [1.165, 1.54) is 28.3 Å². The van der Waals surface area contributed by atoms with E-state index in [1.54, 1.807) is 0 Å². The van der Waals surface area contributed by atoms with Crippen LogP contribution in [0.5, 0.6) is 17.2 Å². The lowest BCUT2D eigenvalue weighted by Crippen LogP contribution is -2.10. The van der Waals surface area contributed by atoms with Crippen molar-refractivity contribution in [2.24, 2.45) is 0 Å². The van der Waals surface area contributed by atoms with Crippen molar-refractivity contribution in [1.82, 2.24) is 0 Å². The average molecular weight is 254 g/mol. The van der Waals surface area contributed by atoms with Crippen molar-refractivity contribution in [2.75, 3.05) is 21.3 Å². The summed E-state index contributed by atoms with van der Waals surface area (Å²) in [5, 5.41) is 9.17. The number of aromatic carboxylic acids is 1. The van der Waals surface area contributed by atoms with Crippen molar-refractivity contribution in [2.45, 2.75) is 6.92 Å². The standard InChI is InChI=1S/C12H14O6/c1-6-8(12(14)15)7(5-13)10(17-3)11(18-4)9(6)16-2/h5H,1-4H3,(H,14,15). The monoisotopic (exact) mass is 254 g/mol. The van der Waals surface area contributed by atoms with Gasteiger partial charge in [-0.2, -0.15) is 0 Å². The number of rotatable bonds is 5. The van der Waals surface area contributed by atoms with Crippen LogP contribution in [0.2, 0.25) is 0 Å². The second-order valence-electron chi connectivity index (χ2n) is 3.44. The summed E-state index contributed by atoms with van der Waals surface area (Å²) in [4.78, 5) is 22.3. The summed E-state index contributed by atoms with van der Waals surface area (Å²) in [6.45, 7) is 1.54. The summed E-state index contributed by atoms with van der Waals surface area (Å²) in [5.41, 5.74) is 0.0874. The molecule has 0 atom stereocenters. The predicted octanol–water partition coefficient (Wildman–Crippen LogP) is 1.53. The highest BCUT2D eigenvalue weighted by atomic mass is 16.5. The van der Waals surface area contributed by atoms with Crippen molar-refractivity contribution in [3.8, 4) is 17.2 Å². The normalized spacial score (nSPS) is 9.78. The van der Waals surface area contributed by atoms with Crippen LogP contribution >= 0.6 is 0 Å². The number of carbonyl (C=O) groups excluding carboxylic acids is 1. The van der Waals surface area contributed by atoms with E-state index in [4.69, 9.17) is 14.2 Å². The Morgan fingerprint density at radius 1 is 1.06 bits per heavy atom. The summed E-state index contributed by atoms with van der Waals surface area (Å²) < 4.78 is 15.3. The molecule has 0 spiro atoms. The smallest absolute Gasteiger partial charge is 0.336 e. The molecule has 6 heteroatoms. The zero-order valence-electron chi connectivity index (χ0n) is 10.6. The lowest BCUT2D eigenvalue weighted by molar-refractivity contribution is 0.0692. The number of methoxy groups -OCH3 is 3. The predicted molar refractivity (Wildman–Crippen MR) is 63.2 cm³/mol. The number of ether oxygens (including phenoxy) is 3. The van der Waals surface area contributed by atoms with Crippen molar-refractivity contribution >= 4 is 12.3 Å². The highest BCUT2D eigenvalue weighted by molar-refractivity contribution is 6.02. The lowest BCUT2D eigenvalue weighted by atomic mass is 9.99. The summed E-state index contributed by atoms with van der Waals surface area (Å²) in [6.07, 6.45) is 0.428. The van der Waals surface area contributed by atoms with Crippen LogP contribution in [-0.2, 0) is 0 Å². The molecule has 1 aromatic rings. The number of aldehydes is 1. The summed E-state index contributed by atoms with van der Waals surface area (Å²) in [5.74, 6) is -0.747. The third kappa shape index (κ3) is 1.97. The molecule has 0 aliphatic carbocycles. The van der Waals surface area contributed by atoms with Crippen molar-refractivity contribution in [3.63, 3.8) is 0 Å². The van der Waals surface area contributed by atoms with Crippen LogP contribution in [0.3, 0.4) is 0 Å². The molecule has 0 aromatic heterocycles. The Balaban J connectivity index is 3.84. The Kier molecular flexibility index (Phi) is 4.14. The third-order valence-corrected chi connectivity index (χ3v) is 2.59. The molecule has 0 heterocycles. The fourth-order valence-corrected chi connectivity index (χ4v) is 1.85. The van der Waals surface area contributed by atoms with Gasteiger partial charge >= 0.3 is 5.97 Å². The van der Waals surface area contributed by atoms with Gasteiger partial charge in [-0.25, -0.2) is 4.79 Å². The van der Waals surface area contributed by atoms with Gasteiger partial charge in [-0.1, -0.05) is 0 Å². The maximum atomic E-state index is 11.2. The molecule has 1 rings (SSSR count). The molecule has 0 aliphatic rings. The largest absolute Gasteiger partial charge is 0.492 e. The zero-order valence-corrected chi connectivity index (χ0v) is 10.6. The molecule has 1 N–H and O–H groups in total. The lowest BCUT2D eigenvalue weighted by Gasteiger charge is -2.18. The van der Waals surface area contributed by atoms with Gasteiger partial charge in [0.15, 0.2) is 17.8 Å². The molecule has 0 amide bonds. The minimum Gasteiger partial charge on any atom is -0.492 e. The topological polar surface area (TPSA) is 82.1 Å². The Hall–Kier alpha value is -2.24. The van der Waals surface area contributed by atoms with E-state index in [2.05, 4.69) is 0 Å². The van der Waals surface area contributed by atoms with E-state index >= 15 is 0 Å². The summed E-state index contributed by atoms with van der Waals surface area (Å²) in [7, 11) is 4.09. The molecule has 0 aliphatic heterocycles. The summed E-state index contributed by atoms with van der Waals surface area (Å²) in [6, 6.07) is 0. The Bertz CT molecular complexity index is 492. The van der Waals surface area contributed by atoms with Crippen molar-refractivity contribution in [1.29, 1.82) is 0 Å². The van der Waals surface area contributed by atoms with Crippen LogP contribution in [-0.4, -0.2) is 38.7 Å². The first-order valence-electron chi connectivity index (χ1n) is 5.04. The van der Waals surface area contributed by atoms with Crippen molar-refractivity contribution in [3.05, 3.63) is 16.7 Å². The van der Waals surface area contributed by atoms with Crippen LogP contribution in [0, 0.1) is 6.92 Å². The van der Waals surface area contributed by atoms with E-state index in [9.17, 15) is 14.7 Å². The molecule has 18 heavy (non-hydrogen) atoms. The van der Waals surface area contributed by atoms with Crippen LogP contribution < -0.4 is 14.2 Å². The number of benzene rings is 1. The van der Waals surface area contributed by atoms with E-state index in [1.807, 2.05) is 0 Å². The number of carboxylic acids is 1. The van der Waals surface area contributed by atoms with Gasteiger partial charge in [-0.15, -0.1) is 0 Å². The molecule has 0 saturated carbocycles. The van der Waals surface area contributed by atoms with Crippen LogP contribution in [0.4, 0.5) is 0 Å². The number of hydrogen-bond donors (Lipinski definition) is 1. The minimum absolute atomic E-state index is 0.0485. The first kappa shape index (κ1) is 13.8. The van der Waals surface area contributed by atoms with Gasteiger partial charge in [0.25, 0.3) is 0 Å². The van der Waals surface area contributed by atoms with E-state index < -0.39 is 5.97 Å². The van der Waals surface area contributed by atoms with E-state index in [0.29, 0.717) is 11.8 Å². The van der Waals surface area contributed by atoms with Gasteiger partial charge in [0.05, 0.1) is 32.5 Å². The average Bonchev–Trinajstić information content (AvgIpc) is 2.36. The Labute approximate surface area is 104 Å². The molecule has 0 bridgehead atoms. The van der Waals surface area contributed by atoms with Crippen LogP contribution in [0.1, 0.15) is 26.3 Å². The molecular formula is C12H14O6. The van der Waals surface area contributed by atoms with Gasteiger partial charge in [-0.05, 0) is 6.92 Å². The van der Waals surface area contributed by atoms with E-state index in [-0.39, 0.29) is 28.4 Å². The first-order chi connectivity index (χ1) is 8.53. The second kappa shape index (κ2) is 5.39. The molecule has 6 nitrogen and oxygen atoms in total. The molecule has 0 unspecified atom stereocenters. The fraction of sp³-hybridized carbons (Fsp3) is 0.333. The van der Waals surface area contributed by atoms with Gasteiger partial charge in [-0.3, -0.25) is 4.79 Å². The number of hydrogen-bond acceptors (Lipinski definition) is 5. The maximum absolute atomic E-state index is 11.2. The van der Waals surface area contributed by atoms with Gasteiger partial charge in [0.2, 0.25) is 5.75 Å². The van der Waals surface area contributed by atoms with Gasteiger partial charge in [0, 0.05) is 5.56 Å². The summed E-state index contributed by atoms with van der Waals surface area (Å²) >= 11 is 0. The van der Waals surface area contributed by atoms with Gasteiger partial charge in [0.1, 0.15) is 0 Å². The molecule has 98 valence electrons. The molecule has 0 radical (unpaired) electrons. The highest BCUT2D eigenvalue weighted by Crippen LogP contribution is 2.44. The molecule has 0 fully saturated rings. The quantitative estimate of drug-likeness (QED) is 0.802. The van der Waals surface area contributed by atoms with Crippen molar-refractivity contribution < 1.29 is 28.9 Å². The highest BCUT2D eigenvalue weighted by Gasteiger charge is 2.27.